The maximum Gasteiger partial charge on any atom is 0.408 e. The molecular formula is C63H80N12O16S2. The van der Waals surface area contributed by atoms with Gasteiger partial charge in [-0.3, -0.25) is 43.3 Å². The number of hydrogen-bond donors (Lipinski definition) is 14. The van der Waals surface area contributed by atoms with Crippen LogP contribution in [-0.4, -0.2) is 194 Å². The molecule has 6 rings (SSSR count). The van der Waals surface area contributed by atoms with Crippen molar-refractivity contribution in [3.63, 3.8) is 0 Å². The number of phenolic OH excluding ortho intramolecular Hbond substituents is 1. The number of nitrogens with one attached hydrogen (secondary N) is 8. The number of carboxylic acids is 2. The summed E-state index contributed by atoms with van der Waals surface area (Å²) >= 11 is 2.53. The van der Waals surface area contributed by atoms with Crippen molar-refractivity contribution in [1.82, 2.24) is 47.1 Å². The van der Waals surface area contributed by atoms with Crippen LogP contribution in [0.3, 0.4) is 0 Å². The summed E-state index contributed by atoms with van der Waals surface area (Å²) in [5, 5.41) is 71.8. The lowest BCUT2D eigenvalue weighted by Gasteiger charge is -2.27. The molecule has 4 aromatic carbocycles. The van der Waals surface area contributed by atoms with Gasteiger partial charge in [-0.05, 0) is 119 Å². The van der Waals surface area contributed by atoms with Crippen LogP contribution in [0.15, 0.2) is 108 Å². The minimum atomic E-state index is -1.68. The van der Waals surface area contributed by atoms with E-state index in [2.05, 4.69) is 52.5 Å². The second kappa shape index (κ2) is 37.4. The third-order valence-corrected chi connectivity index (χ3v) is 16.8. The molecule has 1 aromatic heterocycles. The van der Waals surface area contributed by atoms with Gasteiger partial charge in [-0.25, -0.2) is 14.6 Å². The number of unbranched alkanes of at least 4 members (excludes halogenated alkanes) is 2. The maximum atomic E-state index is 14.7. The number of thioether (sulfide) groups is 1. The monoisotopic (exact) mass is 1320 g/mol. The van der Waals surface area contributed by atoms with E-state index in [1.807, 2.05) is 19.0 Å². The van der Waals surface area contributed by atoms with E-state index in [-0.39, 0.29) is 56.8 Å². The van der Waals surface area contributed by atoms with E-state index >= 15 is 0 Å². The maximum absolute atomic E-state index is 14.7. The highest BCUT2D eigenvalue weighted by Gasteiger charge is 2.34. The zero-order valence-electron chi connectivity index (χ0n) is 51.4. The van der Waals surface area contributed by atoms with E-state index in [4.69, 9.17) is 10.5 Å². The summed E-state index contributed by atoms with van der Waals surface area (Å²) in [7, 11) is 3.70. The summed E-state index contributed by atoms with van der Waals surface area (Å²) < 4.78 is 5.87. The fraction of sp³-hybridized carbons (Fsp3) is 0.429. The molecule has 5 aromatic rings. The molecule has 1 unspecified atom stereocenters. The van der Waals surface area contributed by atoms with Gasteiger partial charge in [0, 0.05) is 43.2 Å². The van der Waals surface area contributed by atoms with Crippen LogP contribution in [0.25, 0.3) is 10.2 Å². The zero-order valence-corrected chi connectivity index (χ0v) is 53.0. The Balaban J connectivity index is 1.17. The quantitative estimate of drug-likeness (QED) is 0.0250. The number of benzene rings is 4. The first kappa shape index (κ1) is 73.0. The molecule has 0 fully saturated rings. The molecule has 2 heterocycles. The highest BCUT2D eigenvalue weighted by Crippen LogP contribution is 2.31. The fourth-order valence-electron chi connectivity index (χ4n) is 9.57. The van der Waals surface area contributed by atoms with Gasteiger partial charge in [-0.1, -0.05) is 72.8 Å². The number of aliphatic hydroxyl groups excluding tert-OH is 2. The molecule has 0 saturated heterocycles. The van der Waals surface area contributed by atoms with Gasteiger partial charge in [0.2, 0.25) is 41.4 Å². The van der Waals surface area contributed by atoms with Crippen molar-refractivity contribution in [3.8, 4) is 5.75 Å². The number of anilines is 1. The largest absolute Gasteiger partial charge is 0.508 e. The predicted octanol–water partition coefficient (Wildman–Crippen LogP) is 1.68. The molecule has 8 atom stereocenters. The lowest BCUT2D eigenvalue weighted by atomic mass is 10.0. The number of phenols is 1. The third kappa shape index (κ3) is 24.5. The standard InChI is InChI=1S/C63H80N12O16S2/c1-75(2)28-12-10-18-45(69-59(87)49(34-77)74-63(90)91-35-39-15-7-4-8-16-39)55(83)66-41(22-26-53(80)81)32-52(79)67-46(30-38-19-23-42(78)24-20-38)56(84)70-47(29-37-13-5-3-6-14-37)57(85)71-48(33-76)58(86)68-44(17-9-11-27-64)54(82)65-40-21-25-43-51(31-40)93-61(72-43)60-73-50(36-92-60)62(88)89/h3-8,13-16,19-21,23-25,31,41,44-50,76-78H,9-12,17-18,22,26-30,32-36,64H2,1-2H3,(H,65,82)(H,66,83)(H,67,79)(H,68,86)(H,69,87)(H,70,84)(H,71,85)(H,74,90)(H,80,81)(H,88,89)/t41-,44+,45-,46-,47+,48+,49-,50?/m1/s1. The van der Waals surface area contributed by atoms with Gasteiger partial charge in [0.1, 0.15) is 58.7 Å². The Kier molecular flexibility index (Phi) is 29.4. The number of fused-ring (bicyclic) bond motifs is 1. The first-order valence-corrected chi connectivity index (χ1v) is 32.0. The van der Waals surface area contributed by atoms with Gasteiger partial charge in [0.15, 0.2) is 6.04 Å². The molecule has 0 radical (unpaired) electrons. The predicted molar refractivity (Wildman–Crippen MR) is 347 cm³/mol. The van der Waals surface area contributed by atoms with Gasteiger partial charge < -0.3 is 83.4 Å². The van der Waals surface area contributed by atoms with Crippen molar-refractivity contribution in [3.05, 3.63) is 125 Å². The number of carbonyl (C=O) groups is 10. The molecule has 15 N–H and O–H groups in total. The molecule has 1 aliphatic rings. The number of carboxylic acid groups (broad SMARTS) is 2. The number of aromatic hydroxyl groups is 1. The van der Waals surface area contributed by atoms with E-state index in [9.17, 15) is 73.5 Å². The molecule has 28 nitrogen and oxygen atoms in total. The molecule has 1 aliphatic heterocycles. The Morgan fingerprint density at radius 2 is 1.17 bits per heavy atom. The number of thiazole rings is 1. The summed E-state index contributed by atoms with van der Waals surface area (Å²) in [5.74, 6) is -8.28. The van der Waals surface area contributed by atoms with Crippen molar-refractivity contribution < 1.29 is 78.2 Å². The van der Waals surface area contributed by atoms with Crippen molar-refractivity contribution in [1.29, 1.82) is 0 Å². The summed E-state index contributed by atoms with van der Waals surface area (Å²) in [6, 6.07) is 16.8. The Bertz CT molecular complexity index is 3380. The molecule has 0 saturated carbocycles. The van der Waals surface area contributed by atoms with Crippen molar-refractivity contribution in [2.45, 2.75) is 126 Å². The molecule has 0 bridgehead atoms. The van der Waals surface area contributed by atoms with Gasteiger partial charge in [-0.2, -0.15) is 0 Å². The number of aromatic nitrogens is 1. The van der Waals surface area contributed by atoms with Crippen LogP contribution < -0.4 is 48.3 Å². The smallest absolute Gasteiger partial charge is 0.408 e. The normalized spacial score (nSPS) is 15.0. The number of carbonyl (C=O) groups excluding carboxylic acids is 8. The Labute approximate surface area is 544 Å². The molecule has 8 amide bonds. The molecule has 93 heavy (non-hydrogen) atoms. The number of nitrogens with zero attached hydrogens (tertiary/aromatic N) is 3. The van der Waals surface area contributed by atoms with Gasteiger partial charge >= 0.3 is 18.0 Å². The van der Waals surface area contributed by atoms with Gasteiger partial charge in [-0.15, -0.1) is 23.1 Å². The van der Waals surface area contributed by atoms with Gasteiger partial charge in [0.05, 0.1) is 23.4 Å². The van der Waals surface area contributed by atoms with Crippen molar-refractivity contribution >= 4 is 103 Å². The first-order chi connectivity index (χ1) is 44.6. The second-order valence-corrected chi connectivity index (χ2v) is 24.3. The molecule has 0 aliphatic carbocycles. The lowest BCUT2D eigenvalue weighted by Crippen LogP contribution is -2.59. The van der Waals surface area contributed by atoms with Crippen LogP contribution in [0.1, 0.15) is 79.5 Å². The number of aliphatic carboxylic acids is 2. The number of amides is 8. The van der Waals surface area contributed by atoms with E-state index in [0.717, 1.165) is 0 Å². The average molecular weight is 1330 g/mol. The molecular weight excluding hydrogens is 1240 g/mol. The molecule has 30 heteroatoms. The fourth-order valence-corrected chi connectivity index (χ4v) is 11.7. The highest BCUT2D eigenvalue weighted by molar-refractivity contribution is 8.15. The summed E-state index contributed by atoms with van der Waals surface area (Å²) in [5.41, 5.74) is 8.31. The Morgan fingerprint density at radius 3 is 1.76 bits per heavy atom. The van der Waals surface area contributed by atoms with Crippen LogP contribution in [-0.2, 0) is 67.3 Å². The first-order valence-electron chi connectivity index (χ1n) is 30.2. The number of aliphatic imine (C=N–C) groups is 1. The van der Waals surface area contributed by atoms with E-state index in [1.165, 1.54) is 47.4 Å². The average Bonchev–Trinajstić information content (AvgIpc) is 1.70. The van der Waals surface area contributed by atoms with E-state index in [0.29, 0.717) is 74.9 Å². The zero-order chi connectivity index (χ0) is 67.4. The van der Waals surface area contributed by atoms with Crippen LogP contribution in [0, 0.1) is 0 Å². The second-order valence-electron chi connectivity index (χ2n) is 22.3. The topological polar surface area (TPSA) is 432 Å². The Morgan fingerprint density at radius 1 is 0.624 bits per heavy atom. The van der Waals surface area contributed by atoms with Crippen molar-refractivity contribution in [2.75, 3.05) is 51.5 Å². The number of rotatable bonds is 38. The van der Waals surface area contributed by atoms with Crippen LogP contribution in [0.4, 0.5) is 10.5 Å². The molecule has 0 spiro atoms. The van der Waals surface area contributed by atoms with Crippen LogP contribution >= 0.6 is 23.1 Å². The summed E-state index contributed by atoms with van der Waals surface area (Å²) in [6.45, 7) is -1.09. The van der Waals surface area contributed by atoms with E-state index < -0.39 is 134 Å². The van der Waals surface area contributed by atoms with Gasteiger partial charge in [0.25, 0.3) is 0 Å². The molecule has 500 valence electrons. The number of nitrogens with two attached hydrogens (primary N) is 1. The number of alkyl carbamates (subject to hydrolysis) is 1. The summed E-state index contributed by atoms with van der Waals surface area (Å²) in [4.78, 5) is 146. The SMILES string of the molecule is CN(C)CCCC[C@@H](NC(=O)[C@@H](CO)NC(=O)OCc1ccccc1)C(=O)N[C@H](CCC(=O)O)CC(=O)N[C@H](Cc1ccc(O)cc1)C(=O)N[C@@H](Cc1ccccc1)C(=O)N[C@@H](CO)C(=O)N[C@@H](CCCCN)C(=O)Nc1ccc2nc(C3=NC(C(=O)O)CS3)sc2c1. The van der Waals surface area contributed by atoms with Crippen LogP contribution in [0.2, 0.25) is 0 Å². The minimum absolute atomic E-state index is 0.0375. The third-order valence-electron chi connectivity index (χ3n) is 14.6. The summed E-state index contributed by atoms with van der Waals surface area (Å²) in [6.07, 6.45) is -0.937. The van der Waals surface area contributed by atoms with Crippen molar-refractivity contribution in [2.24, 2.45) is 10.7 Å². The Hall–Kier alpha value is -9.07. The highest BCUT2D eigenvalue weighted by atomic mass is 32.2. The number of ether oxygens (including phenoxy) is 1. The number of hydrogen-bond acceptors (Lipinski definition) is 20. The minimum Gasteiger partial charge on any atom is -0.508 e. The lowest BCUT2D eigenvalue weighted by molar-refractivity contribution is -0.138. The number of aliphatic hydroxyl groups is 2. The van der Waals surface area contributed by atoms with E-state index in [1.54, 1.807) is 78.9 Å². The van der Waals surface area contributed by atoms with Crippen LogP contribution in [0.5, 0.6) is 5.75 Å².